The van der Waals surface area contributed by atoms with Gasteiger partial charge in [-0.2, -0.15) is 0 Å². The van der Waals surface area contributed by atoms with Crippen LogP contribution < -0.4 is 4.74 Å². The summed E-state index contributed by atoms with van der Waals surface area (Å²) in [6.45, 7) is 0. The van der Waals surface area contributed by atoms with Crippen LogP contribution in [-0.2, 0) is 0 Å². The van der Waals surface area contributed by atoms with Gasteiger partial charge in [0.25, 0.3) is 0 Å². The van der Waals surface area contributed by atoms with Gasteiger partial charge in [0.15, 0.2) is 5.78 Å². The highest BCUT2D eigenvalue weighted by molar-refractivity contribution is 6.16. The number of allylic oxidation sites excluding steroid dienone is 1. The van der Waals surface area contributed by atoms with Crippen molar-refractivity contribution in [2.45, 2.75) is 5.92 Å². The molecule has 0 N–H and O–H groups in total. The minimum atomic E-state index is -0.343. The largest absolute Gasteiger partial charge is 0.497 e. The molecular formula is C27H20O2. The second kappa shape index (κ2) is 7.06. The van der Waals surface area contributed by atoms with E-state index in [2.05, 4.69) is 48.5 Å². The summed E-state index contributed by atoms with van der Waals surface area (Å²) in [6.07, 6.45) is 2.18. The van der Waals surface area contributed by atoms with Crippen molar-refractivity contribution < 1.29 is 9.53 Å². The molecule has 4 aromatic rings. The van der Waals surface area contributed by atoms with Gasteiger partial charge in [-0.1, -0.05) is 66.7 Å². The van der Waals surface area contributed by atoms with Gasteiger partial charge in [-0.05, 0) is 63.4 Å². The van der Waals surface area contributed by atoms with Crippen LogP contribution >= 0.6 is 0 Å². The van der Waals surface area contributed by atoms with Crippen LogP contribution in [0.15, 0.2) is 91.0 Å². The number of methoxy groups -OCH3 is 1. The molecule has 0 amide bonds. The van der Waals surface area contributed by atoms with Gasteiger partial charge in [-0.15, -0.1) is 0 Å². The van der Waals surface area contributed by atoms with Crippen LogP contribution in [-0.4, -0.2) is 12.9 Å². The maximum atomic E-state index is 13.8. The normalized spacial score (nSPS) is 15.1. The van der Waals surface area contributed by atoms with E-state index in [1.807, 2.05) is 48.5 Å². The lowest BCUT2D eigenvalue weighted by Gasteiger charge is -2.27. The Morgan fingerprint density at radius 1 is 0.793 bits per heavy atom. The maximum Gasteiger partial charge on any atom is 0.174 e. The van der Waals surface area contributed by atoms with Gasteiger partial charge in [0.1, 0.15) is 5.75 Å². The van der Waals surface area contributed by atoms with E-state index in [0.29, 0.717) is 5.56 Å². The first-order valence-corrected chi connectivity index (χ1v) is 9.73. The van der Waals surface area contributed by atoms with Crippen molar-refractivity contribution in [1.82, 2.24) is 0 Å². The second-order valence-electron chi connectivity index (χ2n) is 7.28. The van der Waals surface area contributed by atoms with E-state index in [1.165, 1.54) is 5.39 Å². The Kier molecular flexibility index (Phi) is 4.25. The lowest BCUT2D eigenvalue weighted by Crippen LogP contribution is -2.17. The van der Waals surface area contributed by atoms with Crippen LogP contribution in [0.3, 0.4) is 0 Å². The van der Waals surface area contributed by atoms with E-state index in [0.717, 1.165) is 33.4 Å². The summed E-state index contributed by atoms with van der Waals surface area (Å²) in [5, 5.41) is 2.33. The summed E-state index contributed by atoms with van der Waals surface area (Å²) in [7, 11) is 1.63. The Labute approximate surface area is 170 Å². The van der Waals surface area contributed by atoms with E-state index in [9.17, 15) is 4.79 Å². The molecular weight excluding hydrogens is 356 g/mol. The van der Waals surface area contributed by atoms with Crippen molar-refractivity contribution >= 4 is 28.2 Å². The third-order valence-electron chi connectivity index (χ3n) is 5.65. The molecule has 0 fully saturated rings. The summed E-state index contributed by atoms with van der Waals surface area (Å²) in [5.74, 6) is 0.505. The zero-order valence-corrected chi connectivity index (χ0v) is 16.1. The van der Waals surface area contributed by atoms with Gasteiger partial charge in [-0.3, -0.25) is 4.79 Å². The van der Waals surface area contributed by atoms with Gasteiger partial charge in [-0.25, -0.2) is 0 Å². The first kappa shape index (κ1) is 17.4. The fourth-order valence-electron chi connectivity index (χ4n) is 4.26. The molecule has 140 valence electrons. The molecule has 0 spiro atoms. The molecule has 0 bridgehead atoms. The molecule has 1 aliphatic rings. The quantitative estimate of drug-likeness (QED) is 0.387. The number of benzene rings is 4. The number of ether oxygens (including phenoxy) is 1. The smallest absolute Gasteiger partial charge is 0.174 e. The van der Waals surface area contributed by atoms with Crippen LogP contribution in [0.5, 0.6) is 5.75 Å². The van der Waals surface area contributed by atoms with E-state index in [-0.39, 0.29) is 11.7 Å². The first-order chi connectivity index (χ1) is 14.3. The molecule has 0 radical (unpaired) electrons. The van der Waals surface area contributed by atoms with Crippen molar-refractivity contribution in [3.05, 3.63) is 113 Å². The first-order valence-electron chi connectivity index (χ1n) is 9.73. The zero-order valence-electron chi connectivity index (χ0n) is 16.1. The summed E-state index contributed by atoms with van der Waals surface area (Å²) in [6, 6.07) is 30.1. The van der Waals surface area contributed by atoms with Crippen LogP contribution in [0, 0.1) is 0 Å². The molecule has 0 heterocycles. The van der Waals surface area contributed by atoms with E-state index in [1.54, 1.807) is 7.11 Å². The SMILES string of the molecule is COc1ccc(C(=O)C2C(c3ccccc3)=Cc3cccc4cccc2c34)cc1. The fraction of sp³-hybridized carbons (Fsp3) is 0.0741. The van der Waals surface area contributed by atoms with Gasteiger partial charge < -0.3 is 4.74 Å². The van der Waals surface area contributed by atoms with Gasteiger partial charge in [0.2, 0.25) is 0 Å². The highest BCUT2D eigenvalue weighted by atomic mass is 16.5. The van der Waals surface area contributed by atoms with Crippen LogP contribution in [0.2, 0.25) is 0 Å². The number of ketones is 1. The van der Waals surface area contributed by atoms with Gasteiger partial charge in [0, 0.05) is 5.56 Å². The predicted molar refractivity (Wildman–Crippen MR) is 118 cm³/mol. The average Bonchev–Trinajstić information content (AvgIpc) is 2.79. The number of hydrogen-bond acceptors (Lipinski definition) is 2. The molecule has 0 aliphatic heterocycles. The Morgan fingerprint density at radius 3 is 2.24 bits per heavy atom. The van der Waals surface area contributed by atoms with Crippen molar-refractivity contribution in [2.75, 3.05) is 7.11 Å². The highest BCUT2D eigenvalue weighted by Gasteiger charge is 2.31. The van der Waals surface area contributed by atoms with Gasteiger partial charge in [0.05, 0.1) is 13.0 Å². The fourth-order valence-corrected chi connectivity index (χ4v) is 4.26. The predicted octanol–water partition coefficient (Wildman–Crippen LogP) is 6.37. The number of hydrogen-bond donors (Lipinski definition) is 0. The van der Waals surface area contributed by atoms with E-state index >= 15 is 0 Å². The molecule has 1 atom stereocenters. The Bertz CT molecular complexity index is 1230. The molecule has 2 nitrogen and oxygen atoms in total. The topological polar surface area (TPSA) is 26.3 Å². The molecule has 1 aliphatic carbocycles. The molecule has 29 heavy (non-hydrogen) atoms. The number of carbonyl (C=O) groups excluding carboxylic acids is 1. The zero-order chi connectivity index (χ0) is 19.8. The van der Waals surface area contributed by atoms with Crippen molar-refractivity contribution in [1.29, 1.82) is 0 Å². The van der Waals surface area contributed by atoms with Crippen LogP contribution in [0.4, 0.5) is 0 Å². The summed E-state index contributed by atoms with van der Waals surface area (Å²) < 4.78 is 5.26. The van der Waals surface area contributed by atoms with Crippen molar-refractivity contribution in [2.24, 2.45) is 0 Å². The lowest BCUT2D eigenvalue weighted by atomic mass is 9.75. The molecule has 4 aromatic carbocycles. The minimum Gasteiger partial charge on any atom is -0.497 e. The summed E-state index contributed by atoms with van der Waals surface area (Å²) >= 11 is 0. The second-order valence-corrected chi connectivity index (χ2v) is 7.28. The summed E-state index contributed by atoms with van der Waals surface area (Å²) in [4.78, 5) is 13.8. The van der Waals surface area contributed by atoms with E-state index < -0.39 is 0 Å². The molecule has 1 unspecified atom stereocenters. The van der Waals surface area contributed by atoms with Crippen molar-refractivity contribution in [3.63, 3.8) is 0 Å². The van der Waals surface area contributed by atoms with Crippen LogP contribution in [0.25, 0.3) is 22.4 Å². The molecule has 0 saturated heterocycles. The summed E-state index contributed by atoms with van der Waals surface area (Å²) in [5.41, 5.74) is 5.04. The van der Waals surface area contributed by atoms with Crippen LogP contribution in [0.1, 0.15) is 33.0 Å². The molecule has 0 aromatic heterocycles. The molecule has 2 heteroatoms. The monoisotopic (exact) mass is 376 g/mol. The Morgan fingerprint density at radius 2 is 1.52 bits per heavy atom. The van der Waals surface area contributed by atoms with Crippen molar-refractivity contribution in [3.8, 4) is 5.75 Å². The lowest BCUT2D eigenvalue weighted by molar-refractivity contribution is 0.0980. The number of rotatable bonds is 4. The average molecular weight is 376 g/mol. The number of carbonyl (C=O) groups is 1. The number of Topliss-reactive ketones (excluding diaryl/α,β-unsaturated/α-hetero) is 1. The minimum absolute atomic E-state index is 0.102. The Balaban J connectivity index is 1.73. The molecule has 0 saturated carbocycles. The Hall–Kier alpha value is -3.65. The molecule has 5 rings (SSSR count). The standard InChI is InChI=1S/C27H20O2/c1-29-22-15-13-20(14-16-22)27(28)26-23-12-6-10-19-9-5-11-21(25(19)23)17-24(26)18-7-3-2-4-8-18/h2-17,26H,1H3. The van der Waals surface area contributed by atoms with Gasteiger partial charge >= 0.3 is 0 Å². The highest BCUT2D eigenvalue weighted by Crippen LogP contribution is 2.44. The third kappa shape index (κ3) is 2.94. The third-order valence-corrected chi connectivity index (χ3v) is 5.65. The van der Waals surface area contributed by atoms with E-state index in [4.69, 9.17) is 4.74 Å². The maximum absolute atomic E-state index is 13.8.